The van der Waals surface area contributed by atoms with Crippen molar-refractivity contribution in [3.63, 3.8) is 0 Å². The van der Waals surface area contributed by atoms with Gasteiger partial charge in [0, 0.05) is 19.6 Å². The fraction of sp³-hybridized carbons (Fsp3) is 0.556. The van der Waals surface area contributed by atoms with Crippen LogP contribution in [0, 0.1) is 18.3 Å². The lowest BCUT2D eigenvalue weighted by atomic mass is 10.1. The Hall–Kier alpha value is -1.54. The van der Waals surface area contributed by atoms with Gasteiger partial charge in [0.15, 0.2) is 0 Å². The molecule has 1 aromatic carbocycles. The Bertz CT molecular complexity index is 450. The van der Waals surface area contributed by atoms with Crippen molar-refractivity contribution in [2.24, 2.45) is 5.92 Å². The topological polar surface area (TPSA) is 41.9 Å². The van der Waals surface area contributed by atoms with Crippen molar-refractivity contribution in [1.82, 2.24) is 4.90 Å². The van der Waals surface area contributed by atoms with E-state index in [1.165, 1.54) is 5.56 Å². The molecule has 0 aliphatic heterocycles. The maximum Gasteiger partial charge on any atom is 0.118 e. The van der Waals surface area contributed by atoms with Crippen LogP contribution >= 0.6 is 0 Å². The van der Waals surface area contributed by atoms with Gasteiger partial charge in [-0.25, -0.2) is 0 Å². The summed E-state index contributed by atoms with van der Waals surface area (Å²) in [5, 5.41) is 10.1. The summed E-state index contributed by atoms with van der Waals surface area (Å²) in [6, 6.07) is 8.01. The zero-order valence-corrected chi connectivity index (χ0v) is 13.8. The molecule has 122 valence electrons. The Kier molecular flexibility index (Phi) is 8.61. The van der Waals surface area contributed by atoms with Gasteiger partial charge in [0.2, 0.25) is 0 Å². The number of ether oxygens (including phenoxy) is 2. The van der Waals surface area contributed by atoms with Crippen molar-refractivity contribution in [2.45, 2.75) is 26.5 Å². The van der Waals surface area contributed by atoms with Gasteiger partial charge in [-0.05, 0) is 23.6 Å². The summed E-state index contributed by atoms with van der Waals surface area (Å²) in [4.78, 5) is 2.23. The molecule has 0 aromatic heterocycles. The van der Waals surface area contributed by atoms with E-state index in [1.807, 2.05) is 24.3 Å². The monoisotopic (exact) mass is 305 g/mol. The van der Waals surface area contributed by atoms with E-state index in [4.69, 9.17) is 15.9 Å². The van der Waals surface area contributed by atoms with E-state index >= 15 is 0 Å². The number of nitrogens with zero attached hydrogens (tertiary/aromatic N) is 1. The zero-order chi connectivity index (χ0) is 16.4. The van der Waals surface area contributed by atoms with E-state index in [2.05, 4.69) is 24.7 Å². The van der Waals surface area contributed by atoms with Crippen LogP contribution in [0.2, 0.25) is 0 Å². The molecule has 0 saturated heterocycles. The first-order chi connectivity index (χ1) is 10.5. The predicted molar refractivity (Wildman–Crippen MR) is 88.8 cm³/mol. The highest BCUT2D eigenvalue weighted by Crippen LogP contribution is 2.14. The van der Waals surface area contributed by atoms with E-state index in [0.29, 0.717) is 12.5 Å². The molecule has 0 heterocycles. The highest BCUT2D eigenvalue weighted by Gasteiger charge is 2.14. The van der Waals surface area contributed by atoms with Crippen molar-refractivity contribution in [2.75, 3.05) is 33.4 Å². The number of terminal acetylenes is 1. The van der Waals surface area contributed by atoms with Crippen molar-refractivity contribution >= 4 is 0 Å². The number of hydrogen-bond donors (Lipinski definition) is 1. The van der Waals surface area contributed by atoms with Gasteiger partial charge < -0.3 is 14.6 Å². The normalized spacial score (nSPS) is 12.4. The molecule has 0 saturated carbocycles. The third-order valence-electron chi connectivity index (χ3n) is 3.15. The van der Waals surface area contributed by atoms with Gasteiger partial charge in [-0.2, -0.15) is 0 Å². The zero-order valence-electron chi connectivity index (χ0n) is 13.8. The second-order valence-corrected chi connectivity index (χ2v) is 5.81. The molecule has 1 rings (SSSR count). The van der Waals surface area contributed by atoms with Crippen LogP contribution in [0.1, 0.15) is 19.4 Å². The average Bonchev–Trinajstić information content (AvgIpc) is 2.47. The van der Waals surface area contributed by atoms with Crippen molar-refractivity contribution in [3.8, 4) is 18.1 Å². The van der Waals surface area contributed by atoms with E-state index < -0.39 is 6.10 Å². The summed E-state index contributed by atoms with van der Waals surface area (Å²) in [7, 11) is 1.66. The van der Waals surface area contributed by atoms with Crippen molar-refractivity contribution in [3.05, 3.63) is 29.8 Å². The van der Waals surface area contributed by atoms with E-state index in [9.17, 15) is 5.11 Å². The number of rotatable bonds is 10. The van der Waals surface area contributed by atoms with Gasteiger partial charge in [-0.15, -0.1) is 6.42 Å². The Morgan fingerprint density at radius 3 is 2.45 bits per heavy atom. The standard InChI is InChI=1S/C18H27NO3/c1-5-10-22-14-17(20)13-19(11-15(2)3)12-16-6-8-18(21-4)9-7-16/h1,6-9,15,17,20H,10-14H2,2-4H3/t17-/m1/s1. The number of methoxy groups -OCH3 is 1. The highest BCUT2D eigenvalue weighted by molar-refractivity contribution is 5.27. The minimum atomic E-state index is -0.537. The molecule has 0 unspecified atom stereocenters. The van der Waals surface area contributed by atoms with Crippen LogP contribution in [0.4, 0.5) is 0 Å². The number of hydrogen-bond acceptors (Lipinski definition) is 4. The largest absolute Gasteiger partial charge is 0.497 e. The second kappa shape index (κ2) is 10.2. The SMILES string of the molecule is C#CCOC[C@H](O)CN(Cc1ccc(OC)cc1)CC(C)C. The first-order valence-corrected chi connectivity index (χ1v) is 7.59. The Morgan fingerprint density at radius 2 is 1.91 bits per heavy atom. The Morgan fingerprint density at radius 1 is 1.23 bits per heavy atom. The smallest absolute Gasteiger partial charge is 0.118 e. The first-order valence-electron chi connectivity index (χ1n) is 7.59. The number of aliphatic hydroxyl groups excluding tert-OH is 1. The van der Waals surface area contributed by atoms with Crippen molar-refractivity contribution in [1.29, 1.82) is 0 Å². The van der Waals surface area contributed by atoms with Gasteiger partial charge in [-0.1, -0.05) is 31.9 Å². The molecule has 0 spiro atoms. The van der Waals surface area contributed by atoms with Gasteiger partial charge in [0.1, 0.15) is 12.4 Å². The molecular weight excluding hydrogens is 278 g/mol. The van der Waals surface area contributed by atoms with Gasteiger partial charge in [0.25, 0.3) is 0 Å². The molecule has 1 atom stereocenters. The van der Waals surface area contributed by atoms with Crippen LogP contribution in [0.3, 0.4) is 0 Å². The Labute approximate surface area is 134 Å². The summed E-state index contributed by atoms with van der Waals surface area (Å²) >= 11 is 0. The summed E-state index contributed by atoms with van der Waals surface area (Å²) in [5.74, 6) is 3.77. The highest BCUT2D eigenvalue weighted by atomic mass is 16.5. The molecule has 4 nitrogen and oxygen atoms in total. The van der Waals surface area contributed by atoms with Crippen LogP contribution in [0.15, 0.2) is 24.3 Å². The lowest BCUT2D eigenvalue weighted by Gasteiger charge is -2.26. The van der Waals surface area contributed by atoms with Gasteiger partial charge in [-0.3, -0.25) is 4.90 Å². The molecule has 0 radical (unpaired) electrons. The van der Waals surface area contributed by atoms with Crippen LogP contribution < -0.4 is 4.74 Å². The molecule has 0 aliphatic carbocycles. The average molecular weight is 305 g/mol. The minimum Gasteiger partial charge on any atom is -0.497 e. The van der Waals surface area contributed by atoms with Crippen LogP contribution in [-0.2, 0) is 11.3 Å². The summed E-state index contributed by atoms with van der Waals surface area (Å²) in [6.07, 6.45) is 4.59. The summed E-state index contributed by atoms with van der Waals surface area (Å²) in [6.45, 7) is 7.10. The predicted octanol–water partition coefficient (Wildman–Crippen LogP) is 2.16. The molecule has 0 fully saturated rings. The fourth-order valence-electron chi connectivity index (χ4n) is 2.31. The Balaban J connectivity index is 2.57. The van der Waals surface area contributed by atoms with Crippen LogP contribution in [0.5, 0.6) is 5.75 Å². The van der Waals surface area contributed by atoms with Crippen LogP contribution in [-0.4, -0.2) is 49.5 Å². The second-order valence-electron chi connectivity index (χ2n) is 5.81. The summed E-state index contributed by atoms with van der Waals surface area (Å²) in [5.41, 5.74) is 1.19. The summed E-state index contributed by atoms with van der Waals surface area (Å²) < 4.78 is 10.4. The third-order valence-corrected chi connectivity index (χ3v) is 3.15. The van der Waals surface area contributed by atoms with Crippen molar-refractivity contribution < 1.29 is 14.6 Å². The molecule has 1 aromatic rings. The van der Waals surface area contributed by atoms with Gasteiger partial charge >= 0.3 is 0 Å². The minimum absolute atomic E-state index is 0.236. The molecule has 0 bridgehead atoms. The van der Waals surface area contributed by atoms with Gasteiger partial charge in [0.05, 0.1) is 19.8 Å². The molecule has 0 aliphatic rings. The molecule has 22 heavy (non-hydrogen) atoms. The van der Waals surface area contributed by atoms with Crippen LogP contribution in [0.25, 0.3) is 0 Å². The molecule has 0 amide bonds. The van der Waals surface area contributed by atoms with E-state index in [1.54, 1.807) is 7.11 Å². The number of aliphatic hydroxyl groups is 1. The quantitative estimate of drug-likeness (QED) is 0.531. The maximum absolute atomic E-state index is 10.1. The van der Waals surface area contributed by atoms with E-state index in [-0.39, 0.29) is 13.2 Å². The number of benzene rings is 1. The molecular formula is C18H27NO3. The lowest BCUT2D eigenvalue weighted by Crippen LogP contribution is -2.36. The lowest BCUT2D eigenvalue weighted by molar-refractivity contribution is 0.0238. The molecule has 1 N–H and O–H groups in total. The third kappa shape index (κ3) is 7.46. The maximum atomic E-state index is 10.1. The first kappa shape index (κ1) is 18.5. The molecule has 4 heteroatoms. The fourth-order valence-corrected chi connectivity index (χ4v) is 2.31. The van der Waals surface area contributed by atoms with E-state index in [0.717, 1.165) is 18.8 Å².